The van der Waals surface area contributed by atoms with Crippen LogP contribution in [-0.2, 0) is 25.6 Å². The Hall–Kier alpha value is -3.95. The molecule has 1 aliphatic rings. The number of amides is 2. The minimum atomic E-state index is -1.04. The van der Waals surface area contributed by atoms with Gasteiger partial charge in [-0.1, -0.05) is 43.7 Å². The third-order valence-electron chi connectivity index (χ3n) is 5.92. The van der Waals surface area contributed by atoms with Crippen LogP contribution in [0.5, 0.6) is 11.5 Å². The molecule has 2 atom stereocenters. The van der Waals surface area contributed by atoms with Crippen LogP contribution in [0.4, 0.5) is 15.3 Å². The fourth-order valence-electron chi connectivity index (χ4n) is 4.07. The molecule has 200 valence electrons. The van der Waals surface area contributed by atoms with E-state index >= 15 is 0 Å². The van der Waals surface area contributed by atoms with Gasteiger partial charge in [0.15, 0.2) is 11.5 Å². The number of anilines is 1. The van der Waals surface area contributed by atoms with E-state index in [4.69, 9.17) is 23.7 Å². The lowest BCUT2D eigenvalue weighted by Crippen LogP contribution is -2.52. The molecule has 2 unspecified atom stereocenters. The number of fused-ring (bicyclic) bond motifs is 1. The van der Waals surface area contributed by atoms with Crippen molar-refractivity contribution in [3.8, 4) is 11.5 Å². The largest absolute Gasteiger partial charge is 0.493 e. The molecule has 1 aliphatic heterocycles. The minimum absolute atomic E-state index is 0.0483. The Morgan fingerprint density at radius 1 is 0.973 bits per heavy atom. The van der Waals surface area contributed by atoms with Crippen LogP contribution in [0.25, 0.3) is 0 Å². The van der Waals surface area contributed by atoms with Crippen molar-refractivity contribution < 1.29 is 38.1 Å². The first-order chi connectivity index (χ1) is 17.9. The van der Waals surface area contributed by atoms with E-state index < -0.39 is 30.2 Å². The molecule has 0 saturated carbocycles. The van der Waals surface area contributed by atoms with Crippen molar-refractivity contribution in [2.24, 2.45) is 0 Å². The molecular weight excluding hydrogens is 480 g/mol. The van der Waals surface area contributed by atoms with E-state index in [2.05, 4.69) is 5.32 Å². The quantitative estimate of drug-likeness (QED) is 0.275. The number of ether oxygens (including phenoxy) is 5. The molecule has 10 heteroatoms. The van der Waals surface area contributed by atoms with E-state index in [1.165, 1.54) is 19.1 Å². The van der Waals surface area contributed by atoms with Gasteiger partial charge in [-0.25, -0.2) is 14.4 Å². The number of carbonyl (C=O) groups excluding carboxylic acids is 3. The Kier molecular flexibility index (Phi) is 10.00. The molecule has 0 spiro atoms. The van der Waals surface area contributed by atoms with Crippen molar-refractivity contribution >= 4 is 23.8 Å². The smallest absolute Gasteiger partial charge is 0.415 e. The predicted octanol–water partition coefficient (Wildman–Crippen LogP) is 4.75. The second kappa shape index (κ2) is 13.4. The van der Waals surface area contributed by atoms with Crippen LogP contribution in [0.1, 0.15) is 50.3 Å². The van der Waals surface area contributed by atoms with Crippen molar-refractivity contribution in [1.29, 1.82) is 0 Å². The molecule has 3 rings (SSSR count). The number of benzene rings is 2. The lowest BCUT2D eigenvalue weighted by molar-refractivity contribution is -0.145. The number of methoxy groups -OCH3 is 2. The summed E-state index contributed by atoms with van der Waals surface area (Å²) in [6, 6.07) is 10.8. The summed E-state index contributed by atoms with van der Waals surface area (Å²) in [6.45, 7) is 4.08. The van der Waals surface area contributed by atoms with Gasteiger partial charge >= 0.3 is 18.2 Å². The molecule has 37 heavy (non-hydrogen) atoms. The van der Waals surface area contributed by atoms with E-state index in [0.717, 1.165) is 12.0 Å². The standard InChI is InChI=1S/C27H34N2O8/c1-5-7-13-36-25(30)22-15-20(28-26(31)37-17-18-11-9-8-10-12-18)19-14-23(33-3)24(34-4)16-21(19)29(22)27(32)35-6-2/h8-12,14,16,20,22H,5-7,13,15,17H2,1-4H3,(H,28,31). The number of nitrogens with zero attached hydrogens (tertiary/aromatic N) is 1. The van der Waals surface area contributed by atoms with Crippen LogP contribution in [0.3, 0.4) is 0 Å². The second-order valence-corrected chi connectivity index (χ2v) is 8.37. The third-order valence-corrected chi connectivity index (χ3v) is 5.92. The number of esters is 1. The molecule has 1 heterocycles. The molecule has 0 aliphatic carbocycles. The summed E-state index contributed by atoms with van der Waals surface area (Å²) >= 11 is 0. The van der Waals surface area contributed by atoms with Gasteiger partial charge < -0.3 is 29.0 Å². The molecule has 0 aromatic heterocycles. The lowest BCUT2D eigenvalue weighted by atomic mass is 9.90. The predicted molar refractivity (Wildman–Crippen MR) is 136 cm³/mol. The van der Waals surface area contributed by atoms with Crippen molar-refractivity contribution in [2.75, 3.05) is 32.3 Å². The molecular formula is C27H34N2O8. The normalized spacial score (nSPS) is 16.3. The highest BCUT2D eigenvalue weighted by Crippen LogP contribution is 2.44. The molecule has 10 nitrogen and oxygen atoms in total. The summed E-state index contributed by atoms with van der Waals surface area (Å²) in [7, 11) is 2.95. The number of nitrogens with one attached hydrogen (secondary N) is 1. The maximum Gasteiger partial charge on any atom is 0.415 e. The van der Waals surface area contributed by atoms with E-state index in [-0.39, 0.29) is 26.2 Å². The Balaban J connectivity index is 1.96. The Morgan fingerprint density at radius 2 is 1.68 bits per heavy atom. The highest BCUT2D eigenvalue weighted by atomic mass is 16.6. The average Bonchev–Trinajstić information content (AvgIpc) is 2.91. The fourth-order valence-corrected chi connectivity index (χ4v) is 4.07. The van der Waals surface area contributed by atoms with Gasteiger partial charge in [-0.3, -0.25) is 4.90 Å². The van der Waals surface area contributed by atoms with Crippen LogP contribution >= 0.6 is 0 Å². The van der Waals surface area contributed by atoms with Crippen LogP contribution in [0.15, 0.2) is 42.5 Å². The zero-order valence-electron chi connectivity index (χ0n) is 21.7. The first-order valence-electron chi connectivity index (χ1n) is 12.3. The number of alkyl carbamates (subject to hydrolysis) is 1. The van der Waals surface area contributed by atoms with Gasteiger partial charge in [-0.15, -0.1) is 0 Å². The van der Waals surface area contributed by atoms with Gasteiger partial charge in [0.05, 0.1) is 39.2 Å². The molecule has 2 amide bonds. The minimum Gasteiger partial charge on any atom is -0.493 e. The number of unbranched alkanes of at least 4 members (excludes halogenated alkanes) is 1. The first-order valence-corrected chi connectivity index (χ1v) is 12.3. The summed E-state index contributed by atoms with van der Waals surface area (Å²) in [5, 5.41) is 2.83. The van der Waals surface area contributed by atoms with Gasteiger partial charge in [0, 0.05) is 18.1 Å². The van der Waals surface area contributed by atoms with E-state index in [9.17, 15) is 14.4 Å². The van der Waals surface area contributed by atoms with Crippen molar-refractivity contribution in [3.05, 3.63) is 53.6 Å². The van der Waals surface area contributed by atoms with E-state index in [0.29, 0.717) is 29.2 Å². The Morgan fingerprint density at radius 3 is 2.32 bits per heavy atom. The maximum atomic E-state index is 13.1. The van der Waals surface area contributed by atoms with Crippen molar-refractivity contribution in [2.45, 2.75) is 51.8 Å². The van der Waals surface area contributed by atoms with E-state index in [1.807, 2.05) is 37.3 Å². The summed E-state index contributed by atoms with van der Waals surface area (Å²) in [5.41, 5.74) is 1.71. The zero-order valence-corrected chi connectivity index (χ0v) is 21.7. The summed E-state index contributed by atoms with van der Waals surface area (Å²) in [5.74, 6) is 0.158. The Labute approximate surface area is 216 Å². The van der Waals surface area contributed by atoms with Gasteiger partial charge in [0.1, 0.15) is 12.6 Å². The maximum absolute atomic E-state index is 13.1. The van der Waals surface area contributed by atoms with Gasteiger partial charge in [0.2, 0.25) is 0 Å². The molecule has 0 bridgehead atoms. The van der Waals surface area contributed by atoms with Gasteiger partial charge in [0.25, 0.3) is 0 Å². The zero-order chi connectivity index (χ0) is 26.8. The third kappa shape index (κ3) is 6.84. The van der Waals surface area contributed by atoms with Gasteiger partial charge in [-0.2, -0.15) is 0 Å². The molecule has 0 saturated heterocycles. The van der Waals surface area contributed by atoms with Crippen molar-refractivity contribution in [3.63, 3.8) is 0 Å². The summed E-state index contributed by atoms with van der Waals surface area (Å²) in [6.07, 6.45) is 0.201. The molecule has 0 fully saturated rings. The SMILES string of the molecule is CCCCOC(=O)C1CC(NC(=O)OCc2ccccc2)c2cc(OC)c(OC)cc2N1C(=O)OCC. The van der Waals surface area contributed by atoms with Crippen LogP contribution in [0, 0.1) is 0 Å². The van der Waals surface area contributed by atoms with E-state index in [1.54, 1.807) is 19.1 Å². The van der Waals surface area contributed by atoms with Crippen LogP contribution < -0.4 is 19.7 Å². The molecule has 2 aromatic carbocycles. The van der Waals surface area contributed by atoms with Crippen molar-refractivity contribution in [1.82, 2.24) is 5.32 Å². The lowest BCUT2D eigenvalue weighted by Gasteiger charge is -2.39. The summed E-state index contributed by atoms with van der Waals surface area (Å²) in [4.78, 5) is 40.2. The number of hydrogen-bond acceptors (Lipinski definition) is 8. The topological polar surface area (TPSA) is 113 Å². The molecule has 1 N–H and O–H groups in total. The number of hydrogen-bond donors (Lipinski definition) is 1. The van der Waals surface area contributed by atoms with Crippen LogP contribution in [-0.4, -0.2) is 51.6 Å². The van der Waals surface area contributed by atoms with Crippen LogP contribution in [0.2, 0.25) is 0 Å². The number of rotatable bonds is 10. The fraction of sp³-hybridized carbons (Fsp3) is 0.444. The monoisotopic (exact) mass is 514 g/mol. The second-order valence-electron chi connectivity index (χ2n) is 8.37. The number of carbonyl (C=O) groups is 3. The highest BCUT2D eigenvalue weighted by Gasteiger charge is 2.43. The first kappa shape index (κ1) is 27.6. The highest BCUT2D eigenvalue weighted by molar-refractivity contribution is 5.98. The molecule has 0 radical (unpaired) electrons. The molecule has 2 aromatic rings. The summed E-state index contributed by atoms with van der Waals surface area (Å²) < 4.78 is 27.0. The van der Waals surface area contributed by atoms with Gasteiger partial charge in [-0.05, 0) is 25.0 Å². The Bertz CT molecular complexity index is 1080. The average molecular weight is 515 g/mol.